The predicted octanol–water partition coefficient (Wildman–Crippen LogP) is 6.25. The van der Waals surface area contributed by atoms with Gasteiger partial charge in [-0.2, -0.15) is 5.26 Å². The fraction of sp³-hybridized carbons (Fsp3) is 0.440. The summed E-state index contributed by atoms with van der Waals surface area (Å²) < 4.78 is 0. The van der Waals surface area contributed by atoms with Gasteiger partial charge in [-0.05, 0) is 30.4 Å². The molecule has 0 amide bonds. The molecule has 0 aliphatic carbocycles. The molecule has 0 aromatic heterocycles. The molecule has 0 aliphatic rings. The minimum atomic E-state index is -0.398. The van der Waals surface area contributed by atoms with E-state index >= 15 is 0 Å². The maximum absolute atomic E-state index is 12.6. The number of carbonyl (C=O) groups excluding carboxylic acids is 1. The number of hydrogen-bond donors (Lipinski definition) is 0. The monoisotopic (exact) mass is 423 g/mol. The average molecular weight is 424 g/mol. The van der Waals surface area contributed by atoms with Crippen molar-refractivity contribution < 1.29 is 9.72 Å². The molecule has 31 heavy (non-hydrogen) atoms. The zero-order chi connectivity index (χ0) is 23.4. The van der Waals surface area contributed by atoms with Gasteiger partial charge in [-0.1, -0.05) is 65.0 Å². The molecule has 0 atom stereocenters. The van der Waals surface area contributed by atoms with Gasteiger partial charge in [0.25, 0.3) is 5.69 Å². The largest absolute Gasteiger partial charge is 0.365 e. The highest BCUT2D eigenvalue weighted by atomic mass is 16.6. The lowest BCUT2D eigenvalue weighted by Gasteiger charge is -2.28. The number of rotatable bonds is 9. The summed E-state index contributed by atoms with van der Waals surface area (Å²) in [6.45, 7) is 11.8. The lowest BCUT2D eigenvalue weighted by atomic mass is 10.0. The number of carbonyl (C=O) groups is 1. The fourth-order valence-electron chi connectivity index (χ4n) is 3.10. The molecule has 166 valence electrons. The van der Waals surface area contributed by atoms with Crippen molar-refractivity contribution in [3.8, 4) is 6.07 Å². The molecule has 2 aromatic carbocycles. The second-order valence-electron chi connectivity index (χ2n) is 8.26. The van der Waals surface area contributed by atoms with E-state index in [1.54, 1.807) is 36.4 Å². The second-order valence-corrected chi connectivity index (χ2v) is 8.26. The summed E-state index contributed by atoms with van der Waals surface area (Å²) in [5.41, 5.74) is 1.41. The van der Waals surface area contributed by atoms with Crippen molar-refractivity contribution in [2.24, 2.45) is 11.8 Å². The topological polar surface area (TPSA) is 87.2 Å². The van der Waals surface area contributed by atoms with Crippen LogP contribution < -0.4 is 4.90 Å². The van der Waals surface area contributed by atoms with E-state index in [1.165, 1.54) is 6.07 Å². The van der Waals surface area contributed by atoms with Crippen LogP contribution in [-0.2, 0) is 0 Å². The quantitative estimate of drug-likeness (QED) is 0.270. The molecular formula is C25H33N3O3. The Morgan fingerprint density at radius 3 is 2.03 bits per heavy atom. The van der Waals surface area contributed by atoms with Gasteiger partial charge in [0.05, 0.1) is 11.0 Å². The molecule has 0 aliphatic heterocycles. The van der Waals surface area contributed by atoms with Gasteiger partial charge < -0.3 is 4.90 Å². The number of hydrogen-bond acceptors (Lipinski definition) is 5. The van der Waals surface area contributed by atoms with Gasteiger partial charge >= 0.3 is 0 Å². The van der Waals surface area contributed by atoms with Gasteiger partial charge in [0.15, 0.2) is 5.78 Å². The highest BCUT2D eigenvalue weighted by Gasteiger charge is 2.23. The number of nitriles is 1. The van der Waals surface area contributed by atoms with Crippen LogP contribution in [0.25, 0.3) is 0 Å². The Morgan fingerprint density at radius 2 is 1.61 bits per heavy atom. The van der Waals surface area contributed by atoms with E-state index < -0.39 is 4.92 Å². The van der Waals surface area contributed by atoms with Gasteiger partial charge in [0.1, 0.15) is 5.69 Å². The molecule has 6 heteroatoms. The van der Waals surface area contributed by atoms with Crippen LogP contribution in [0, 0.1) is 33.3 Å². The summed E-state index contributed by atoms with van der Waals surface area (Å²) in [6.07, 6.45) is 1.68. The van der Waals surface area contributed by atoms with Crippen LogP contribution in [0.2, 0.25) is 0 Å². The minimum Gasteiger partial charge on any atom is -0.365 e. The van der Waals surface area contributed by atoms with Crippen molar-refractivity contribution in [2.75, 3.05) is 18.0 Å². The van der Waals surface area contributed by atoms with Crippen LogP contribution >= 0.6 is 0 Å². The van der Waals surface area contributed by atoms with Crippen LogP contribution in [-0.4, -0.2) is 23.8 Å². The summed E-state index contributed by atoms with van der Waals surface area (Å²) in [4.78, 5) is 25.9. The maximum Gasteiger partial charge on any atom is 0.293 e. The minimum absolute atomic E-state index is 0.0203. The number of nitrogens with zero attached hydrogens (tertiary/aromatic N) is 3. The molecule has 0 spiro atoms. The Balaban J connectivity index is 0.000000861. The third-order valence-electron chi connectivity index (χ3n) is 4.34. The standard InChI is InChI=1S/C21H26N2O3.C4H7N/c1-15(2)13-22(14-16(3)4)19-11-10-18(12-20(19)23(25)26)21(24)17-8-6-5-7-9-17;1-2-3-4-5/h5-12,15-16H,13-14H2,1-4H3;2-3H2,1H3. The molecule has 0 fully saturated rings. The van der Waals surface area contributed by atoms with Crippen LogP contribution in [0.15, 0.2) is 48.5 Å². The van der Waals surface area contributed by atoms with Gasteiger partial charge in [-0.3, -0.25) is 14.9 Å². The average Bonchev–Trinajstić information content (AvgIpc) is 2.73. The highest BCUT2D eigenvalue weighted by molar-refractivity contribution is 6.09. The van der Waals surface area contributed by atoms with Gasteiger partial charge in [0.2, 0.25) is 0 Å². The molecule has 0 saturated heterocycles. The molecule has 0 saturated carbocycles. The number of unbranched alkanes of at least 4 members (excludes halogenated alkanes) is 1. The predicted molar refractivity (Wildman–Crippen MR) is 125 cm³/mol. The van der Waals surface area contributed by atoms with Crippen molar-refractivity contribution in [1.29, 1.82) is 5.26 Å². The third kappa shape index (κ3) is 8.59. The zero-order valence-corrected chi connectivity index (χ0v) is 19.2. The highest BCUT2D eigenvalue weighted by Crippen LogP contribution is 2.31. The summed E-state index contributed by atoms with van der Waals surface area (Å²) in [6, 6.07) is 15.6. The van der Waals surface area contributed by atoms with Crippen molar-refractivity contribution in [2.45, 2.75) is 47.5 Å². The molecule has 0 bridgehead atoms. The van der Waals surface area contributed by atoms with Crippen LogP contribution in [0.5, 0.6) is 0 Å². The van der Waals surface area contributed by atoms with Crippen molar-refractivity contribution in [3.05, 3.63) is 69.8 Å². The van der Waals surface area contributed by atoms with Crippen LogP contribution in [0.3, 0.4) is 0 Å². The Hall–Kier alpha value is -3.20. The number of anilines is 1. The van der Waals surface area contributed by atoms with Crippen molar-refractivity contribution in [1.82, 2.24) is 0 Å². The first-order chi connectivity index (χ1) is 14.7. The second kappa shape index (κ2) is 13.2. The smallest absolute Gasteiger partial charge is 0.293 e. The van der Waals surface area contributed by atoms with E-state index in [4.69, 9.17) is 5.26 Å². The number of benzene rings is 2. The van der Waals surface area contributed by atoms with Crippen LogP contribution in [0.1, 0.15) is 63.4 Å². The first-order valence-electron chi connectivity index (χ1n) is 10.7. The van der Waals surface area contributed by atoms with E-state index in [1.807, 2.05) is 24.0 Å². The summed E-state index contributed by atoms with van der Waals surface area (Å²) in [7, 11) is 0. The lowest BCUT2D eigenvalue weighted by Crippen LogP contribution is -2.31. The van der Waals surface area contributed by atoms with Crippen molar-refractivity contribution in [3.63, 3.8) is 0 Å². The van der Waals surface area contributed by atoms with Gasteiger partial charge in [-0.15, -0.1) is 0 Å². The molecule has 0 unspecified atom stereocenters. The zero-order valence-electron chi connectivity index (χ0n) is 19.2. The first-order valence-corrected chi connectivity index (χ1v) is 10.7. The molecule has 2 rings (SSSR count). The number of ketones is 1. The number of nitro groups is 1. The van der Waals surface area contributed by atoms with Gasteiger partial charge in [0, 0.05) is 36.7 Å². The fourth-order valence-corrected chi connectivity index (χ4v) is 3.10. The molecule has 0 heterocycles. The third-order valence-corrected chi connectivity index (χ3v) is 4.34. The normalized spacial score (nSPS) is 10.3. The Morgan fingerprint density at radius 1 is 1.03 bits per heavy atom. The Kier molecular flexibility index (Phi) is 11.0. The Bertz CT molecular complexity index is 877. The molecule has 0 radical (unpaired) electrons. The van der Waals surface area contributed by atoms with Gasteiger partial charge in [-0.25, -0.2) is 0 Å². The SMILES string of the molecule is CC(C)CN(CC(C)C)c1ccc(C(=O)c2ccccc2)cc1[N+](=O)[O-].CCCC#N. The molecule has 2 aromatic rings. The molecule has 0 N–H and O–H groups in total. The Labute approximate surface area is 185 Å². The van der Waals surface area contributed by atoms with Crippen molar-refractivity contribution >= 4 is 17.2 Å². The van der Waals surface area contributed by atoms with Crippen LogP contribution in [0.4, 0.5) is 11.4 Å². The molecular weight excluding hydrogens is 390 g/mol. The van der Waals surface area contributed by atoms with E-state index in [0.29, 0.717) is 35.1 Å². The summed E-state index contributed by atoms with van der Waals surface area (Å²) >= 11 is 0. The maximum atomic E-state index is 12.6. The summed E-state index contributed by atoms with van der Waals surface area (Å²) in [5.74, 6) is 0.539. The van der Waals surface area contributed by atoms with E-state index in [2.05, 4.69) is 27.7 Å². The lowest BCUT2D eigenvalue weighted by molar-refractivity contribution is -0.384. The van der Waals surface area contributed by atoms with E-state index in [0.717, 1.165) is 19.5 Å². The van der Waals surface area contributed by atoms with E-state index in [-0.39, 0.29) is 11.5 Å². The summed E-state index contributed by atoms with van der Waals surface area (Å²) in [5, 5.41) is 19.5. The first kappa shape index (κ1) is 25.8. The molecule has 6 nitrogen and oxygen atoms in total. The number of nitro benzene ring substituents is 1. The van der Waals surface area contributed by atoms with E-state index in [9.17, 15) is 14.9 Å².